The minimum Gasteiger partial charge on any atom is -0.358 e. The first-order valence-corrected chi connectivity index (χ1v) is 3.43. The third kappa shape index (κ3) is 1.15. The molecule has 0 saturated heterocycles. The van der Waals surface area contributed by atoms with E-state index in [4.69, 9.17) is 0 Å². The van der Waals surface area contributed by atoms with Crippen molar-refractivity contribution in [1.29, 1.82) is 0 Å². The van der Waals surface area contributed by atoms with Gasteiger partial charge in [0, 0.05) is 11.4 Å². The molecule has 1 aromatic rings. The highest BCUT2D eigenvalue weighted by Gasteiger charge is 1.85. The Morgan fingerprint density at radius 3 is 3.18 bits per heavy atom. The van der Waals surface area contributed by atoms with Crippen LogP contribution in [-0.2, 0) is 0 Å². The minimum atomic E-state index is 0.977. The van der Waals surface area contributed by atoms with E-state index in [9.17, 15) is 0 Å². The molecule has 0 aromatic heterocycles. The zero-order valence-corrected chi connectivity index (χ0v) is 5.91. The molecule has 1 heterocycles. The van der Waals surface area contributed by atoms with Crippen LogP contribution in [0.5, 0.6) is 0 Å². The average molecular weight is 143 g/mol. The maximum atomic E-state index is 4.16. The van der Waals surface area contributed by atoms with Crippen LogP contribution in [0.25, 0.3) is 6.20 Å². The number of rotatable bonds is 0. The Bertz CT molecular complexity index is 390. The zero-order chi connectivity index (χ0) is 7.52. The quantitative estimate of drug-likeness (QED) is 0.540. The molecule has 1 aliphatic heterocycles. The molecule has 1 radical (unpaired) electrons. The molecule has 53 valence electrons. The van der Waals surface area contributed by atoms with Gasteiger partial charge in [-0.3, -0.25) is 4.99 Å². The van der Waals surface area contributed by atoms with Gasteiger partial charge >= 0.3 is 0 Å². The number of hydrogen-bond acceptors (Lipinski definition) is 2. The third-order valence-electron chi connectivity index (χ3n) is 1.52. The Balaban J connectivity index is 2.81. The van der Waals surface area contributed by atoms with Crippen molar-refractivity contribution in [3.05, 3.63) is 47.2 Å². The van der Waals surface area contributed by atoms with E-state index >= 15 is 0 Å². The van der Waals surface area contributed by atoms with Crippen LogP contribution in [-0.4, -0.2) is 0 Å². The molecule has 0 saturated carbocycles. The molecule has 0 spiro atoms. The van der Waals surface area contributed by atoms with E-state index in [0.717, 1.165) is 10.6 Å². The predicted molar refractivity (Wildman–Crippen MR) is 42.6 cm³/mol. The summed E-state index contributed by atoms with van der Waals surface area (Å²) in [6, 6.07) is 7.93. The van der Waals surface area contributed by atoms with Crippen molar-refractivity contribution < 1.29 is 0 Å². The zero-order valence-electron chi connectivity index (χ0n) is 5.91. The van der Waals surface area contributed by atoms with Crippen molar-refractivity contribution >= 4 is 6.20 Å². The fourth-order valence-electron chi connectivity index (χ4n) is 0.986. The third-order valence-corrected chi connectivity index (χ3v) is 1.52. The van der Waals surface area contributed by atoms with E-state index < -0.39 is 0 Å². The molecule has 0 amide bonds. The van der Waals surface area contributed by atoms with Gasteiger partial charge in [-0.05, 0) is 6.07 Å². The lowest BCUT2D eigenvalue weighted by Crippen LogP contribution is -2.24. The first-order chi connectivity index (χ1) is 5.47. The van der Waals surface area contributed by atoms with Crippen LogP contribution in [0.2, 0.25) is 0 Å². The molecular weight excluding hydrogens is 136 g/mol. The molecule has 0 aliphatic carbocycles. The van der Waals surface area contributed by atoms with Crippen molar-refractivity contribution in [1.82, 2.24) is 5.32 Å². The molecule has 0 fully saturated rings. The number of nitrogens with zero attached hydrogens (tertiary/aromatic N) is 1. The van der Waals surface area contributed by atoms with Crippen molar-refractivity contribution in [2.75, 3.05) is 0 Å². The van der Waals surface area contributed by atoms with Gasteiger partial charge in [0.2, 0.25) is 0 Å². The Labute approximate surface area is 64.6 Å². The maximum Gasteiger partial charge on any atom is 0.0821 e. The molecule has 2 nitrogen and oxygen atoms in total. The van der Waals surface area contributed by atoms with Crippen LogP contribution in [0.1, 0.15) is 0 Å². The second-order valence-corrected chi connectivity index (χ2v) is 2.25. The summed E-state index contributed by atoms with van der Waals surface area (Å²) in [5, 5.41) is 4.95. The molecule has 1 aliphatic rings. The van der Waals surface area contributed by atoms with E-state index in [1.807, 2.05) is 30.5 Å². The molecule has 0 unspecified atom stereocenters. The van der Waals surface area contributed by atoms with Crippen LogP contribution >= 0.6 is 0 Å². The van der Waals surface area contributed by atoms with E-state index in [1.54, 1.807) is 6.20 Å². The van der Waals surface area contributed by atoms with E-state index in [-0.39, 0.29) is 0 Å². The summed E-state index contributed by atoms with van der Waals surface area (Å²) in [5.41, 5.74) is 0. The van der Waals surface area contributed by atoms with Gasteiger partial charge < -0.3 is 5.32 Å². The highest BCUT2D eigenvalue weighted by atomic mass is 14.8. The van der Waals surface area contributed by atoms with Gasteiger partial charge in [-0.25, -0.2) is 0 Å². The molecular formula is C9H7N2. The van der Waals surface area contributed by atoms with Gasteiger partial charge in [0.25, 0.3) is 0 Å². The number of nitrogens with one attached hydrogen (secondary N) is 1. The second kappa shape index (κ2) is 2.58. The summed E-state index contributed by atoms with van der Waals surface area (Å²) in [5.74, 6) is 0. The predicted octanol–water partition coefficient (Wildman–Crippen LogP) is -0.0782. The lowest BCUT2D eigenvalue weighted by atomic mass is 10.3. The fourth-order valence-corrected chi connectivity index (χ4v) is 0.986. The Morgan fingerprint density at radius 1 is 1.27 bits per heavy atom. The lowest BCUT2D eigenvalue weighted by molar-refractivity contribution is 1.22. The van der Waals surface area contributed by atoms with Crippen molar-refractivity contribution in [2.24, 2.45) is 4.99 Å². The number of para-hydroxylation sites is 1. The van der Waals surface area contributed by atoms with Gasteiger partial charge in [0.05, 0.1) is 17.8 Å². The van der Waals surface area contributed by atoms with E-state index in [2.05, 4.69) is 16.5 Å². The molecule has 1 N–H and O–H groups in total. The first kappa shape index (κ1) is 6.16. The SMILES string of the molecule is [C]1=CN=c2ccccc2=CN1. The van der Waals surface area contributed by atoms with Gasteiger partial charge in [-0.2, -0.15) is 0 Å². The Hall–Kier alpha value is -1.57. The molecule has 1 aromatic carbocycles. The number of fused-ring (bicyclic) bond motifs is 1. The standard InChI is InChI=1S/C9H7N2/c1-2-4-9-8(3-1)7-10-5-6-11-9/h1-4,6-7,10H. The number of benzene rings is 1. The summed E-state index contributed by atoms with van der Waals surface area (Å²) in [7, 11) is 0. The summed E-state index contributed by atoms with van der Waals surface area (Å²) in [4.78, 5) is 4.16. The molecule has 0 atom stereocenters. The van der Waals surface area contributed by atoms with Crippen molar-refractivity contribution in [2.45, 2.75) is 0 Å². The molecule has 0 bridgehead atoms. The van der Waals surface area contributed by atoms with Crippen LogP contribution in [0, 0.1) is 6.20 Å². The summed E-state index contributed by atoms with van der Waals surface area (Å²) in [6.07, 6.45) is 6.30. The average Bonchev–Trinajstić information content (AvgIpc) is 2.28. The second-order valence-electron chi connectivity index (χ2n) is 2.25. The summed E-state index contributed by atoms with van der Waals surface area (Å²) in [6.45, 7) is 0. The lowest BCUT2D eigenvalue weighted by Gasteiger charge is -1.85. The van der Waals surface area contributed by atoms with Gasteiger partial charge in [0.15, 0.2) is 0 Å². The largest absolute Gasteiger partial charge is 0.358 e. The van der Waals surface area contributed by atoms with Gasteiger partial charge in [-0.15, -0.1) is 0 Å². The smallest absolute Gasteiger partial charge is 0.0821 e. The molecule has 2 heteroatoms. The fraction of sp³-hybridized carbons (Fsp3) is 0. The van der Waals surface area contributed by atoms with Crippen LogP contribution in [0.15, 0.2) is 35.5 Å². The van der Waals surface area contributed by atoms with Gasteiger partial charge in [-0.1, -0.05) is 18.2 Å². The van der Waals surface area contributed by atoms with Crippen molar-refractivity contribution in [3.63, 3.8) is 0 Å². The molecule has 2 rings (SSSR count). The van der Waals surface area contributed by atoms with Crippen LogP contribution in [0.4, 0.5) is 0 Å². The summed E-state index contributed by atoms with van der Waals surface area (Å²) < 4.78 is 0. The minimum absolute atomic E-state index is 0.977. The highest BCUT2D eigenvalue weighted by molar-refractivity contribution is 5.23. The first-order valence-electron chi connectivity index (χ1n) is 3.43. The van der Waals surface area contributed by atoms with Crippen LogP contribution < -0.4 is 15.9 Å². The van der Waals surface area contributed by atoms with E-state index in [0.29, 0.717) is 0 Å². The van der Waals surface area contributed by atoms with E-state index in [1.165, 1.54) is 0 Å². The Kier molecular flexibility index (Phi) is 1.44. The Morgan fingerprint density at radius 2 is 2.18 bits per heavy atom. The maximum absolute atomic E-state index is 4.16. The highest BCUT2D eigenvalue weighted by Crippen LogP contribution is 1.75. The van der Waals surface area contributed by atoms with Crippen molar-refractivity contribution in [3.8, 4) is 0 Å². The van der Waals surface area contributed by atoms with Crippen LogP contribution in [0.3, 0.4) is 0 Å². The number of hydrogen-bond donors (Lipinski definition) is 1. The van der Waals surface area contributed by atoms with Gasteiger partial charge in [0.1, 0.15) is 0 Å². The normalized spacial score (nSPS) is 13.5. The topological polar surface area (TPSA) is 24.4 Å². The summed E-state index contributed by atoms with van der Waals surface area (Å²) >= 11 is 0. The monoisotopic (exact) mass is 143 g/mol. The molecule has 11 heavy (non-hydrogen) atoms.